The largest absolute Gasteiger partial charge is 0.397 e. The third-order valence-corrected chi connectivity index (χ3v) is 7.12. The van der Waals surface area contributed by atoms with Crippen LogP contribution in [0.3, 0.4) is 0 Å². The Labute approximate surface area is 126 Å². The second-order valence-corrected chi connectivity index (χ2v) is 8.51. The molecule has 1 aliphatic heterocycles. The fourth-order valence-corrected chi connectivity index (χ4v) is 5.29. The van der Waals surface area contributed by atoms with E-state index < -0.39 is 15.1 Å². The Kier molecular flexibility index (Phi) is 3.58. The van der Waals surface area contributed by atoms with Gasteiger partial charge in [-0.05, 0) is 18.9 Å². The summed E-state index contributed by atoms with van der Waals surface area (Å²) in [5.41, 5.74) is 6.40. The highest BCUT2D eigenvalue weighted by Gasteiger charge is 2.31. The number of nitrogens with one attached hydrogen (secondary N) is 1. The molecule has 3 heterocycles. The Morgan fingerprint density at radius 3 is 3.00 bits per heavy atom. The number of rotatable bonds is 3. The predicted octanol–water partition coefficient (Wildman–Crippen LogP) is 1.19. The zero-order chi connectivity index (χ0) is 15.0. The van der Waals surface area contributed by atoms with Gasteiger partial charge in [0.1, 0.15) is 4.88 Å². The normalized spacial score (nSPS) is 20.7. The fraction of sp³-hybridized carbons (Fsp3) is 0.385. The minimum Gasteiger partial charge on any atom is -0.397 e. The Morgan fingerprint density at radius 1 is 1.52 bits per heavy atom. The number of amides is 1. The third kappa shape index (κ3) is 2.60. The van der Waals surface area contributed by atoms with Crippen molar-refractivity contribution >= 4 is 42.9 Å². The Morgan fingerprint density at radius 2 is 2.33 bits per heavy atom. The Bertz CT molecular complexity index is 798. The van der Waals surface area contributed by atoms with E-state index in [0.717, 1.165) is 10.1 Å². The summed E-state index contributed by atoms with van der Waals surface area (Å²) in [4.78, 5) is 16.6. The van der Waals surface area contributed by atoms with E-state index in [1.54, 1.807) is 18.5 Å². The molecule has 0 saturated carbocycles. The number of hydrogen-bond acceptors (Lipinski definition) is 6. The summed E-state index contributed by atoms with van der Waals surface area (Å²) in [5, 5.41) is 3.02. The molecule has 1 amide bonds. The van der Waals surface area contributed by atoms with Crippen molar-refractivity contribution in [2.24, 2.45) is 0 Å². The first-order valence-electron chi connectivity index (χ1n) is 6.61. The van der Waals surface area contributed by atoms with E-state index in [-0.39, 0.29) is 18.2 Å². The SMILES string of the molecule is Nc1c(C(=O)NCC2CCCS2(=O)=O)sc2cnccc12. The van der Waals surface area contributed by atoms with Crippen LogP contribution in [0.15, 0.2) is 18.5 Å². The first-order chi connectivity index (χ1) is 9.99. The number of aromatic nitrogens is 1. The smallest absolute Gasteiger partial charge is 0.263 e. The molecule has 0 spiro atoms. The quantitative estimate of drug-likeness (QED) is 0.882. The highest BCUT2D eigenvalue weighted by atomic mass is 32.2. The molecule has 1 saturated heterocycles. The van der Waals surface area contributed by atoms with Gasteiger partial charge in [-0.2, -0.15) is 0 Å². The summed E-state index contributed by atoms with van der Waals surface area (Å²) in [6.07, 6.45) is 4.56. The van der Waals surface area contributed by atoms with Crippen molar-refractivity contribution in [2.45, 2.75) is 18.1 Å². The van der Waals surface area contributed by atoms with Crippen LogP contribution in [0, 0.1) is 0 Å². The predicted molar refractivity (Wildman–Crippen MR) is 83.2 cm³/mol. The number of sulfone groups is 1. The maximum Gasteiger partial charge on any atom is 0.263 e. The molecule has 0 aromatic carbocycles. The molecule has 6 nitrogen and oxygen atoms in total. The summed E-state index contributed by atoms with van der Waals surface area (Å²) in [7, 11) is -3.05. The minimum atomic E-state index is -3.05. The van der Waals surface area contributed by atoms with Crippen LogP contribution >= 0.6 is 11.3 Å². The summed E-state index contributed by atoms with van der Waals surface area (Å²) in [5.74, 6) is -0.111. The van der Waals surface area contributed by atoms with E-state index in [0.29, 0.717) is 23.4 Å². The van der Waals surface area contributed by atoms with Gasteiger partial charge in [-0.25, -0.2) is 8.42 Å². The van der Waals surface area contributed by atoms with Crippen LogP contribution < -0.4 is 11.1 Å². The summed E-state index contributed by atoms with van der Waals surface area (Å²) in [6.45, 7) is 0.146. The molecule has 0 aliphatic carbocycles. The second-order valence-electron chi connectivity index (χ2n) is 5.06. The van der Waals surface area contributed by atoms with Gasteiger partial charge in [0.05, 0.1) is 21.4 Å². The summed E-state index contributed by atoms with van der Waals surface area (Å²) >= 11 is 1.27. The van der Waals surface area contributed by atoms with Crippen molar-refractivity contribution in [1.29, 1.82) is 0 Å². The molecule has 1 unspecified atom stereocenters. The molecule has 0 bridgehead atoms. The van der Waals surface area contributed by atoms with Crippen molar-refractivity contribution in [1.82, 2.24) is 10.3 Å². The van der Waals surface area contributed by atoms with Crippen LogP contribution in [-0.2, 0) is 9.84 Å². The van der Waals surface area contributed by atoms with Gasteiger partial charge in [0.25, 0.3) is 5.91 Å². The molecule has 1 atom stereocenters. The molecule has 21 heavy (non-hydrogen) atoms. The molecule has 3 N–H and O–H groups in total. The Balaban J connectivity index is 1.77. The van der Waals surface area contributed by atoms with Gasteiger partial charge in [0.15, 0.2) is 9.84 Å². The first kappa shape index (κ1) is 14.3. The summed E-state index contributed by atoms with van der Waals surface area (Å²) in [6, 6.07) is 1.76. The van der Waals surface area contributed by atoms with Crippen LogP contribution in [0.4, 0.5) is 5.69 Å². The van der Waals surface area contributed by atoms with Gasteiger partial charge in [-0.3, -0.25) is 9.78 Å². The van der Waals surface area contributed by atoms with Crippen LogP contribution in [0.25, 0.3) is 10.1 Å². The maximum absolute atomic E-state index is 12.2. The van der Waals surface area contributed by atoms with Crippen molar-refractivity contribution in [3.05, 3.63) is 23.3 Å². The van der Waals surface area contributed by atoms with Crippen LogP contribution in [0.2, 0.25) is 0 Å². The standard InChI is InChI=1S/C13H15N3O3S2/c14-11-9-3-4-15-7-10(9)20-12(11)13(17)16-6-8-2-1-5-21(8,18)19/h3-4,7-8H,1-2,5-6,14H2,(H,16,17). The van der Waals surface area contributed by atoms with Gasteiger partial charge in [-0.1, -0.05) is 0 Å². The van der Waals surface area contributed by atoms with E-state index >= 15 is 0 Å². The molecule has 112 valence electrons. The minimum absolute atomic E-state index is 0.146. The third-order valence-electron chi connectivity index (χ3n) is 3.69. The number of thiophene rings is 1. The number of nitrogens with two attached hydrogens (primary N) is 1. The zero-order valence-corrected chi connectivity index (χ0v) is 12.8. The lowest BCUT2D eigenvalue weighted by Gasteiger charge is -2.10. The molecular formula is C13H15N3O3S2. The summed E-state index contributed by atoms with van der Waals surface area (Å²) < 4.78 is 24.3. The maximum atomic E-state index is 12.2. The lowest BCUT2D eigenvalue weighted by atomic mass is 10.2. The van der Waals surface area contributed by atoms with Crippen LogP contribution in [-0.4, -0.2) is 36.9 Å². The Hall–Kier alpha value is -1.67. The molecule has 1 fully saturated rings. The van der Waals surface area contributed by atoms with E-state index in [1.807, 2.05) is 0 Å². The molecule has 2 aromatic heterocycles. The van der Waals surface area contributed by atoms with Crippen molar-refractivity contribution in [2.75, 3.05) is 18.0 Å². The lowest BCUT2D eigenvalue weighted by Crippen LogP contribution is -2.34. The van der Waals surface area contributed by atoms with E-state index in [9.17, 15) is 13.2 Å². The average Bonchev–Trinajstić information content (AvgIpc) is 2.97. The number of anilines is 1. The highest BCUT2D eigenvalue weighted by molar-refractivity contribution is 7.92. The van der Waals surface area contributed by atoms with Crippen LogP contribution in [0.1, 0.15) is 22.5 Å². The lowest BCUT2D eigenvalue weighted by molar-refractivity contribution is 0.0958. The van der Waals surface area contributed by atoms with Gasteiger partial charge in [0, 0.05) is 24.3 Å². The number of nitrogen functional groups attached to an aromatic ring is 1. The van der Waals surface area contributed by atoms with Gasteiger partial charge in [-0.15, -0.1) is 11.3 Å². The average molecular weight is 325 g/mol. The number of carbonyl (C=O) groups is 1. The fourth-order valence-electron chi connectivity index (χ4n) is 2.51. The monoisotopic (exact) mass is 325 g/mol. The number of pyridine rings is 1. The van der Waals surface area contributed by atoms with Gasteiger partial charge < -0.3 is 11.1 Å². The van der Waals surface area contributed by atoms with Crippen molar-refractivity contribution < 1.29 is 13.2 Å². The molecule has 1 aliphatic rings. The molecule has 3 rings (SSSR count). The topological polar surface area (TPSA) is 102 Å². The van der Waals surface area contributed by atoms with E-state index in [4.69, 9.17) is 5.73 Å². The van der Waals surface area contributed by atoms with Crippen molar-refractivity contribution in [3.8, 4) is 0 Å². The highest BCUT2D eigenvalue weighted by Crippen LogP contribution is 2.32. The van der Waals surface area contributed by atoms with Crippen molar-refractivity contribution in [3.63, 3.8) is 0 Å². The van der Waals surface area contributed by atoms with Gasteiger partial charge >= 0.3 is 0 Å². The van der Waals surface area contributed by atoms with E-state index in [1.165, 1.54) is 11.3 Å². The molecule has 2 aromatic rings. The molecule has 0 radical (unpaired) electrons. The number of hydrogen-bond donors (Lipinski definition) is 2. The van der Waals surface area contributed by atoms with E-state index in [2.05, 4.69) is 10.3 Å². The number of fused-ring (bicyclic) bond motifs is 1. The molecular weight excluding hydrogens is 310 g/mol. The second kappa shape index (κ2) is 5.27. The molecule has 8 heteroatoms. The zero-order valence-electron chi connectivity index (χ0n) is 11.2. The number of nitrogens with zero attached hydrogens (tertiary/aromatic N) is 1. The number of carbonyl (C=O) groups excluding carboxylic acids is 1. The first-order valence-corrected chi connectivity index (χ1v) is 9.14. The van der Waals surface area contributed by atoms with Crippen LogP contribution in [0.5, 0.6) is 0 Å². The van der Waals surface area contributed by atoms with Gasteiger partial charge in [0.2, 0.25) is 0 Å².